The molecule has 0 spiro atoms. The van der Waals surface area contributed by atoms with Gasteiger partial charge in [-0.3, -0.25) is 0 Å². The molecule has 0 unspecified atom stereocenters. The molecule has 8 heavy (non-hydrogen) atoms. The molecular weight excluding hydrogens is 102 g/mol. The molecule has 0 aromatic carbocycles. The Bertz CT molecular complexity index is 102. The third kappa shape index (κ3) is 0.865. The van der Waals surface area contributed by atoms with E-state index in [0.717, 1.165) is 12.8 Å². The lowest BCUT2D eigenvalue weighted by Gasteiger charge is -2.01. The van der Waals surface area contributed by atoms with E-state index in [0.29, 0.717) is 6.54 Å². The quantitative estimate of drug-likeness (QED) is 0.581. The molecule has 0 bridgehead atoms. The lowest BCUT2D eigenvalue weighted by atomic mass is 10.1. The van der Waals surface area contributed by atoms with Crippen molar-refractivity contribution in [2.45, 2.75) is 25.4 Å². The lowest BCUT2D eigenvalue weighted by Crippen LogP contribution is -2.22. The molecule has 0 fully saturated rings. The first kappa shape index (κ1) is 5.69. The van der Waals surface area contributed by atoms with Crippen molar-refractivity contribution in [3.63, 3.8) is 0 Å². The maximum Gasteiger partial charge on any atom is 0.202 e. The van der Waals surface area contributed by atoms with E-state index in [1.807, 2.05) is 0 Å². The predicted octanol–water partition coefficient (Wildman–Crippen LogP) is 0.907. The number of nitrogens with two attached hydrogens (primary N) is 1. The second kappa shape index (κ2) is 1.82. The van der Waals surface area contributed by atoms with Gasteiger partial charge >= 0.3 is 0 Å². The fraction of sp³-hybridized carbons (Fsp3) is 1.00. The van der Waals surface area contributed by atoms with E-state index < -0.39 is 0 Å². The molecule has 0 aromatic heterocycles. The van der Waals surface area contributed by atoms with Gasteiger partial charge in [0, 0.05) is 6.54 Å². The van der Waals surface area contributed by atoms with Gasteiger partial charge in [-0.25, -0.2) is 0 Å². The fourth-order valence-corrected chi connectivity index (χ4v) is 0.755. The zero-order chi connectivity index (χ0) is 6.04. The summed E-state index contributed by atoms with van der Waals surface area (Å²) in [5, 5.41) is 7.68. The topological polar surface area (TPSA) is 50.7 Å². The van der Waals surface area contributed by atoms with Crippen molar-refractivity contribution in [3.05, 3.63) is 0 Å². The number of nitrogens with zero attached hydrogens (tertiary/aromatic N) is 2. The van der Waals surface area contributed by atoms with Crippen molar-refractivity contribution in [1.29, 1.82) is 0 Å². The van der Waals surface area contributed by atoms with Crippen molar-refractivity contribution < 1.29 is 0 Å². The second-order valence-corrected chi connectivity index (χ2v) is 2.14. The molecule has 0 saturated heterocycles. The summed E-state index contributed by atoms with van der Waals surface area (Å²) in [4.78, 5) is 0. The average molecular weight is 113 g/mol. The summed E-state index contributed by atoms with van der Waals surface area (Å²) in [6.45, 7) is 2.70. The maximum atomic E-state index is 5.37. The maximum absolute atomic E-state index is 5.37. The summed E-state index contributed by atoms with van der Waals surface area (Å²) in [5.41, 5.74) is 5.24. The summed E-state index contributed by atoms with van der Waals surface area (Å²) in [6.07, 6.45) is 2.13. The monoisotopic (exact) mass is 113 g/mol. The van der Waals surface area contributed by atoms with Crippen molar-refractivity contribution in [2.75, 3.05) is 6.54 Å². The molecular formula is C5H11N3. The molecule has 1 heterocycles. The minimum absolute atomic E-state index is 0.130. The van der Waals surface area contributed by atoms with Crippen LogP contribution in [-0.2, 0) is 0 Å². The van der Waals surface area contributed by atoms with E-state index in [2.05, 4.69) is 17.2 Å². The van der Waals surface area contributed by atoms with E-state index in [9.17, 15) is 0 Å². The van der Waals surface area contributed by atoms with Gasteiger partial charge < -0.3 is 5.73 Å². The van der Waals surface area contributed by atoms with Gasteiger partial charge in [-0.1, -0.05) is 13.3 Å². The third-order valence-electron chi connectivity index (χ3n) is 1.36. The minimum atomic E-state index is -0.130. The van der Waals surface area contributed by atoms with Crippen LogP contribution < -0.4 is 5.73 Å². The number of hydrogen-bond donors (Lipinski definition) is 1. The second-order valence-electron chi connectivity index (χ2n) is 2.14. The third-order valence-corrected chi connectivity index (χ3v) is 1.36. The Morgan fingerprint density at radius 2 is 2.12 bits per heavy atom. The predicted molar refractivity (Wildman–Crippen MR) is 31.5 cm³/mol. The van der Waals surface area contributed by atoms with Crippen LogP contribution in [0.4, 0.5) is 0 Å². The molecule has 3 nitrogen and oxygen atoms in total. The highest BCUT2D eigenvalue weighted by Gasteiger charge is 2.36. The first-order valence-electron chi connectivity index (χ1n) is 2.97. The molecule has 46 valence electrons. The van der Waals surface area contributed by atoms with Crippen LogP contribution in [0.2, 0.25) is 0 Å². The van der Waals surface area contributed by atoms with Crippen molar-refractivity contribution >= 4 is 0 Å². The van der Waals surface area contributed by atoms with Gasteiger partial charge in [-0.05, 0) is 6.42 Å². The smallest absolute Gasteiger partial charge is 0.202 e. The minimum Gasteiger partial charge on any atom is -0.326 e. The van der Waals surface area contributed by atoms with Crippen LogP contribution >= 0.6 is 0 Å². The Labute approximate surface area is 49.0 Å². The summed E-state index contributed by atoms with van der Waals surface area (Å²) < 4.78 is 0. The molecule has 0 aliphatic carbocycles. The first-order valence-corrected chi connectivity index (χ1v) is 2.97. The molecule has 3 heteroatoms. The highest BCUT2D eigenvalue weighted by molar-refractivity contribution is 4.93. The first-order chi connectivity index (χ1) is 3.83. The highest BCUT2D eigenvalue weighted by Crippen LogP contribution is 2.31. The largest absolute Gasteiger partial charge is 0.326 e. The van der Waals surface area contributed by atoms with Gasteiger partial charge in [-0.15, -0.1) is 0 Å². The molecule has 0 aromatic rings. The summed E-state index contributed by atoms with van der Waals surface area (Å²) in [5.74, 6) is 0. The normalized spacial score (nSPS) is 21.2. The molecule has 1 aliphatic heterocycles. The molecule has 2 N–H and O–H groups in total. The zero-order valence-corrected chi connectivity index (χ0v) is 5.09. The van der Waals surface area contributed by atoms with Gasteiger partial charge in [-0.2, -0.15) is 10.2 Å². The Morgan fingerprint density at radius 1 is 1.50 bits per heavy atom. The summed E-state index contributed by atoms with van der Waals surface area (Å²) in [7, 11) is 0. The fourth-order valence-electron chi connectivity index (χ4n) is 0.755. The van der Waals surface area contributed by atoms with Gasteiger partial charge in [0.25, 0.3) is 0 Å². The number of rotatable bonds is 3. The Kier molecular flexibility index (Phi) is 1.29. The molecule has 0 atom stereocenters. The van der Waals surface area contributed by atoms with Crippen LogP contribution in [0.5, 0.6) is 0 Å². The van der Waals surface area contributed by atoms with Crippen molar-refractivity contribution in [3.8, 4) is 0 Å². The Morgan fingerprint density at radius 3 is 2.25 bits per heavy atom. The molecule has 0 amide bonds. The van der Waals surface area contributed by atoms with Gasteiger partial charge in [0.2, 0.25) is 5.66 Å². The molecule has 0 saturated carbocycles. The molecule has 1 rings (SSSR count). The van der Waals surface area contributed by atoms with Crippen LogP contribution in [0.1, 0.15) is 19.8 Å². The van der Waals surface area contributed by atoms with Crippen LogP contribution in [-0.4, -0.2) is 12.2 Å². The van der Waals surface area contributed by atoms with Crippen molar-refractivity contribution in [2.24, 2.45) is 16.0 Å². The van der Waals surface area contributed by atoms with Gasteiger partial charge in [0.05, 0.1) is 0 Å². The number of hydrogen-bond acceptors (Lipinski definition) is 3. The van der Waals surface area contributed by atoms with Crippen LogP contribution in [0.15, 0.2) is 10.2 Å². The van der Waals surface area contributed by atoms with E-state index in [1.165, 1.54) is 0 Å². The van der Waals surface area contributed by atoms with E-state index in [4.69, 9.17) is 5.73 Å². The van der Waals surface area contributed by atoms with Crippen LogP contribution in [0.25, 0.3) is 0 Å². The van der Waals surface area contributed by atoms with Crippen LogP contribution in [0, 0.1) is 0 Å². The van der Waals surface area contributed by atoms with E-state index >= 15 is 0 Å². The van der Waals surface area contributed by atoms with E-state index in [-0.39, 0.29) is 5.66 Å². The zero-order valence-electron chi connectivity index (χ0n) is 5.09. The Hall–Kier alpha value is -0.440. The lowest BCUT2D eigenvalue weighted by molar-refractivity contribution is 0.549. The van der Waals surface area contributed by atoms with Gasteiger partial charge in [0.15, 0.2) is 0 Å². The van der Waals surface area contributed by atoms with Crippen molar-refractivity contribution in [1.82, 2.24) is 0 Å². The molecule has 0 radical (unpaired) electrons. The van der Waals surface area contributed by atoms with Crippen LogP contribution in [0.3, 0.4) is 0 Å². The Balaban J connectivity index is 2.21. The standard InChI is InChI=1S/C5H11N3/c1-2-3-5(4-6)7-8-5/h2-4,6H2,1H3. The highest BCUT2D eigenvalue weighted by atomic mass is 15.4. The van der Waals surface area contributed by atoms with E-state index in [1.54, 1.807) is 0 Å². The SMILES string of the molecule is CCCC1(CN)N=N1. The molecule has 1 aliphatic rings. The van der Waals surface area contributed by atoms with Gasteiger partial charge in [0.1, 0.15) is 0 Å². The average Bonchev–Trinajstić information content (AvgIpc) is 2.50. The summed E-state index contributed by atoms with van der Waals surface area (Å²) >= 11 is 0. The summed E-state index contributed by atoms with van der Waals surface area (Å²) in [6, 6.07) is 0.